The smallest absolute Gasteiger partial charge is 0.338 e. The minimum absolute atomic E-state index is 0.201. The lowest BCUT2D eigenvalue weighted by Crippen LogP contribution is -2.42. The van der Waals surface area contributed by atoms with Crippen molar-refractivity contribution in [3.05, 3.63) is 63.1 Å². The van der Waals surface area contributed by atoms with Crippen molar-refractivity contribution in [3.8, 4) is 0 Å². The number of anilines is 1. The number of halogens is 2. The summed E-state index contributed by atoms with van der Waals surface area (Å²) in [7, 11) is -2.28. The first-order valence-corrected chi connectivity index (χ1v) is 12.4. The van der Waals surface area contributed by atoms with E-state index >= 15 is 0 Å². The van der Waals surface area contributed by atoms with Crippen LogP contribution >= 0.6 is 23.2 Å². The molecule has 2 aromatic carbocycles. The van der Waals surface area contributed by atoms with Gasteiger partial charge in [-0.1, -0.05) is 35.3 Å². The summed E-state index contributed by atoms with van der Waals surface area (Å²) in [5.74, 6) is -1.23. The van der Waals surface area contributed by atoms with Crippen LogP contribution in [-0.2, 0) is 25.3 Å². The third kappa shape index (κ3) is 5.61. The van der Waals surface area contributed by atoms with Crippen LogP contribution in [0.25, 0.3) is 0 Å². The number of rotatable bonds is 6. The molecule has 1 amide bonds. The van der Waals surface area contributed by atoms with Gasteiger partial charge in [-0.3, -0.25) is 4.79 Å². The fraction of sp³-hybridized carbons (Fsp3) is 0.364. The van der Waals surface area contributed by atoms with Gasteiger partial charge in [0, 0.05) is 34.7 Å². The maximum atomic E-state index is 12.8. The van der Waals surface area contributed by atoms with Gasteiger partial charge >= 0.3 is 5.97 Å². The summed E-state index contributed by atoms with van der Waals surface area (Å²) in [4.78, 5) is 24.6. The average Bonchev–Trinajstić information content (AvgIpc) is 2.76. The number of esters is 1. The van der Waals surface area contributed by atoms with E-state index in [4.69, 9.17) is 27.9 Å². The van der Waals surface area contributed by atoms with Crippen LogP contribution < -0.4 is 5.32 Å². The van der Waals surface area contributed by atoms with Crippen LogP contribution in [0.4, 0.5) is 5.69 Å². The summed E-state index contributed by atoms with van der Waals surface area (Å²) in [5.41, 5.74) is 2.02. The molecule has 0 radical (unpaired) electrons. The highest BCUT2D eigenvalue weighted by atomic mass is 35.5. The SMILES string of the molecule is COC(=O)c1cccc(NC(=O)C2CCN(S(=O)(=O)Cc3ccc(Cl)cc3Cl)CC2)c1C. The zero-order chi connectivity index (χ0) is 23.5. The van der Waals surface area contributed by atoms with Gasteiger partial charge < -0.3 is 10.1 Å². The molecule has 0 aliphatic carbocycles. The molecule has 1 saturated heterocycles. The molecule has 1 aliphatic heterocycles. The molecule has 1 fully saturated rings. The summed E-state index contributed by atoms with van der Waals surface area (Å²) in [6, 6.07) is 9.75. The first kappa shape index (κ1) is 24.5. The minimum Gasteiger partial charge on any atom is -0.465 e. The van der Waals surface area contributed by atoms with Gasteiger partial charge in [0.05, 0.1) is 18.4 Å². The highest BCUT2D eigenvalue weighted by Crippen LogP contribution is 2.27. The molecule has 0 atom stereocenters. The average molecular weight is 499 g/mol. The summed E-state index contributed by atoms with van der Waals surface area (Å²) in [5, 5.41) is 3.61. The van der Waals surface area contributed by atoms with Crippen LogP contribution in [-0.4, -0.2) is 44.8 Å². The maximum absolute atomic E-state index is 12.8. The van der Waals surface area contributed by atoms with Gasteiger partial charge in [-0.2, -0.15) is 0 Å². The van der Waals surface area contributed by atoms with Gasteiger partial charge in [-0.25, -0.2) is 17.5 Å². The molecule has 7 nitrogen and oxygen atoms in total. The molecule has 0 bridgehead atoms. The molecule has 10 heteroatoms. The number of nitrogens with zero attached hydrogens (tertiary/aromatic N) is 1. The molecule has 1 N–H and O–H groups in total. The number of carbonyl (C=O) groups is 2. The van der Waals surface area contributed by atoms with Crippen LogP contribution in [0.2, 0.25) is 10.0 Å². The van der Waals surface area contributed by atoms with Crippen LogP contribution in [0.3, 0.4) is 0 Å². The van der Waals surface area contributed by atoms with Gasteiger partial charge in [0.2, 0.25) is 15.9 Å². The molecular formula is C22H24Cl2N2O5S. The standard InChI is InChI=1S/C22H24Cl2N2O5S/c1-14-18(22(28)31-2)4-3-5-20(14)25-21(27)15-8-10-26(11-9-15)32(29,30)13-16-6-7-17(23)12-19(16)24/h3-7,12,15H,8-11,13H2,1-2H3,(H,25,27). The van der Waals surface area contributed by atoms with Crippen LogP contribution in [0, 0.1) is 12.8 Å². The van der Waals surface area contributed by atoms with E-state index in [1.165, 1.54) is 17.5 Å². The Labute approximate surface area is 197 Å². The minimum atomic E-state index is -3.58. The highest BCUT2D eigenvalue weighted by molar-refractivity contribution is 7.88. The van der Waals surface area contributed by atoms with Gasteiger partial charge in [0.1, 0.15) is 0 Å². The Hall–Kier alpha value is -2.13. The zero-order valence-electron chi connectivity index (χ0n) is 17.7. The lowest BCUT2D eigenvalue weighted by atomic mass is 9.96. The number of ether oxygens (including phenoxy) is 1. The van der Waals surface area contributed by atoms with Crippen molar-refractivity contribution >= 4 is 50.8 Å². The number of carbonyl (C=O) groups excluding carboxylic acids is 2. The second-order valence-electron chi connectivity index (χ2n) is 7.62. The Morgan fingerprint density at radius 3 is 2.47 bits per heavy atom. The monoisotopic (exact) mass is 498 g/mol. The lowest BCUT2D eigenvalue weighted by molar-refractivity contribution is -0.120. The Kier molecular flexibility index (Phi) is 7.82. The molecule has 0 aromatic heterocycles. The van der Waals surface area contributed by atoms with E-state index in [9.17, 15) is 18.0 Å². The number of nitrogens with one attached hydrogen (secondary N) is 1. The number of amides is 1. The molecule has 0 unspecified atom stereocenters. The van der Waals surface area contributed by atoms with E-state index in [1.807, 2.05) is 0 Å². The van der Waals surface area contributed by atoms with Crippen LogP contribution in [0.15, 0.2) is 36.4 Å². The first-order valence-electron chi connectivity index (χ1n) is 10.0. The Morgan fingerprint density at radius 1 is 1.16 bits per heavy atom. The normalized spacial score (nSPS) is 15.4. The molecule has 0 saturated carbocycles. The number of benzene rings is 2. The molecule has 32 heavy (non-hydrogen) atoms. The summed E-state index contributed by atoms with van der Waals surface area (Å²) in [6.45, 7) is 2.22. The van der Waals surface area contributed by atoms with E-state index in [0.717, 1.165) is 0 Å². The second-order valence-corrected chi connectivity index (χ2v) is 10.4. The van der Waals surface area contributed by atoms with Crippen molar-refractivity contribution in [3.63, 3.8) is 0 Å². The molecule has 1 aliphatic rings. The van der Waals surface area contributed by atoms with E-state index in [1.54, 1.807) is 37.3 Å². The number of hydrogen-bond donors (Lipinski definition) is 1. The topological polar surface area (TPSA) is 92.8 Å². The predicted molar refractivity (Wildman–Crippen MR) is 125 cm³/mol. The fourth-order valence-corrected chi connectivity index (χ4v) is 5.81. The van der Waals surface area contributed by atoms with Crippen molar-refractivity contribution in [1.29, 1.82) is 0 Å². The summed E-state index contributed by atoms with van der Waals surface area (Å²) >= 11 is 12.0. The summed E-state index contributed by atoms with van der Waals surface area (Å²) < 4.78 is 31.8. The van der Waals surface area contributed by atoms with Gasteiger partial charge in [-0.05, 0) is 55.2 Å². The fourth-order valence-electron chi connectivity index (χ4n) is 3.66. The molecule has 3 rings (SSSR count). The van der Waals surface area contributed by atoms with E-state index in [2.05, 4.69) is 5.32 Å². The molecule has 172 valence electrons. The molecular weight excluding hydrogens is 475 g/mol. The van der Waals surface area contributed by atoms with Crippen molar-refractivity contribution in [2.24, 2.45) is 5.92 Å². The quantitative estimate of drug-likeness (QED) is 0.600. The molecule has 0 spiro atoms. The first-order chi connectivity index (χ1) is 15.1. The molecule has 1 heterocycles. The maximum Gasteiger partial charge on any atom is 0.338 e. The summed E-state index contributed by atoms with van der Waals surface area (Å²) in [6.07, 6.45) is 0.796. The number of hydrogen-bond acceptors (Lipinski definition) is 5. The van der Waals surface area contributed by atoms with E-state index in [0.29, 0.717) is 45.3 Å². The Morgan fingerprint density at radius 2 is 1.84 bits per heavy atom. The van der Waals surface area contributed by atoms with Crippen molar-refractivity contribution in [2.75, 3.05) is 25.5 Å². The van der Waals surface area contributed by atoms with Gasteiger partial charge in [-0.15, -0.1) is 0 Å². The Bertz CT molecular complexity index is 1130. The van der Waals surface area contributed by atoms with Crippen molar-refractivity contribution < 1.29 is 22.7 Å². The van der Waals surface area contributed by atoms with Crippen molar-refractivity contribution in [1.82, 2.24) is 4.31 Å². The van der Waals surface area contributed by atoms with Gasteiger partial charge in [0.25, 0.3) is 0 Å². The Balaban J connectivity index is 1.62. The third-order valence-corrected chi connectivity index (χ3v) is 7.98. The number of methoxy groups -OCH3 is 1. The van der Waals surface area contributed by atoms with Crippen molar-refractivity contribution in [2.45, 2.75) is 25.5 Å². The zero-order valence-corrected chi connectivity index (χ0v) is 20.1. The number of sulfonamides is 1. The molecule has 2 aromatic rings. The van der Waals surface area contributed by atoms with E-state index < -0.39 is 16.0 Å². The predicted octanol–water partition coefficient (Wildman–Crippen LogP) is 4.27. The lowest BCUT2D eigenvalue weighted by Gasteiger charge is -2.30. The third-order valence-electron chi connectivity index (χ3n) is 5.57. The largest absolute Gasteiger partial charge is 0.465 e. The van der Waals surface area contributed by atoms with E-state index in [-0.39, 0.29) is 30.7 Å². The highest BCUT2D eigenvalue weighted by Gasteiger charge is 2.32. The van der Waals surface area contributed by atoms with Crippen LogP contribution in [0.1, 0.15) is 34.3 Å². The second kappa shape index (κ2) is 10.2. The number of piperidine rings is 1. The van der Waals surface area contributed by atoms with Gasteiger partial charge in [0.15, 0.2) is 0 Å². The van der Waals surface area contributed by atoms with Crippen LogP contribution in [0.5, 0.6) is 0 Å².